The van der Waals surface area contributed by atoms with Gasteiger partial charge in [-0.05, 0) is 11.6 Å². The van der Waals surface area contributed by atoms with Crippen molar-refractivity contribution in [1.29, 1.82) is 0 Å². The summed E-state index contributed by atoms with van der Waals surface area (Å²) in [4.78, 5) is 34.7. The number of para-hydroxylation sites is 2. The first-order chi connectivity index (χ1) is 14.0. The van der Waals surface area contributed by atoms with E-state index in [0.29, 0.717) is 5.69 Å². The second kappa shape index (κ2) is 9.27. The minimum atomic E-state index is -0.717. The van der Waals surface area contributed by atoms with Gasteiger partial charge in [0.2, 0.25) is 0 Å². The minimum absolute atomic E-state index is 0.161. The lowest BCUT2D eigenvalue weighted by Gasteiger charge is -2.11. The van der Waals surface area contributed by atoms with E-state index < -0.39 is 23.4 Å². The zero-order valence-corrected chi connectivity index (χ0v) is 15.4. The predicted molar refractivity (Wildman–Crippen MR) is 108 cm³/mol. The van der Waals surface area contributed by atoms with Crippen molar-refractivity contribution in [3.63, 3.8) is 0 Å². The van der Waals surface area contributed by atoms with E-state index in [9.17, 15) is 19.7 Å². The number of nitro benzene ring substituents is 1. The number of nitrogens with zero attached hydrogens (tertiary/aromatic N) is 1. The number of carbonyl (C=O) groups excluding carboxylic acids is 2. The summed E-state index contributed by atoms with van der Waals surface area (Å²) in [5, 5.41) is 13.7. The Morgan fingerprint density at radius 3 is 2.31 bits per heavy atom. The smallest absolute Gasteiger partial charge is 0.311 e. The van der Waals surface area contributed by atoms with Gasteiger partial charge in [-0.15, -0.1) is 0 Å². The Balaban J connectivity index is 1.60. The maximum atomic E-state index is 12.2. The van der Waals surface area contributed by atoms with Crippen LogP contribution in [0.1, 0.15) is 5.56 Å². The van der Waals surface area contributed by atoms with Crippen LogP contribution in [0.15, 0.2) is 78.9 Å². The number of nitro groups is 1. The van der Waals surface area contributed by atoms with Gasteiger partial charge in [-0.2, -0.15) is 0 Å². The Hall–Kier alpha value is -4.00. The molecule has 1 N–H and O–H groups in total. The van der Waals surface area contributed by atoms with Gasteiger partial charge in [-0.25, -0.2) is 0 Å². The van der Waals surface area contributed by atoms with E-state index in [0.717, 1.165) is 11.1 Å². The van der Waals surface area contributed by atoms with Crippen LogP contribution in [-0.2, 0) is 20.7 Å². The fourth-order valence-corrected chi connectivity index (χ4v) is 2.84. The van der Waals surface area contributed by atoms with Crippen molar-refractivity contribution in [3.05, 3.63) is 94.5 Å². The number of nitrogens with one attached hydrogen (secondary N) is 1. The first kappa shape index (κ1) is 19.8. The molecule has 7 nitrogen and oxygen atoms in total. The summed E-state index contributed by atoms with van der Waals surface area (Å²) in [6.45, 7) is -0.484. The lowest BCUT2D eigenvalue weighted by Crippen LogP contribution is -2.22. The summed E-state index contributed by atoms with van der Waals surface area (Å²) in [5.74, 6) is -1.21. The van der Waals surface area contributed by atoms with Crippen LogP contribution in [0.25, 0.3) is 11.1 Å². The van der Waals surface area contributed by atoms with Crippen molar-refractivity contribution >= 4 is 23.3 Å². The monoisotopic (exact) mass is 390 g/mol. The van der Waals surface area contributed by atoms with Crippen molar-refractivity contribution in [3.8, 4) is 11.1 Å². The van der Waals surface area contributed by atoms with Crippen LogP contribution in [0.3, 0.4) is 0 Å². The van der Waals surface area contributed by atoms with Crippen molar-refractivity contribution in [2.45, 2.75) is 6.42 Å². The fraction of sp³-hybridized carbons (Fsp3) is 0.0909. The van der Waals surface area contributed by atoms with Gasteiger partial charge in [0.1, 0.15) is 0 Å². The molecule has 0 fully saturated rings. The third kappa shape index (κ3) is 5.26. The molecule has 0 spiro atoms. The molecule has 0 aromatic heterocycles. The van der Waals surface area contributed by atoms with Crippen molar-refractivity contribution in [2.75, 3.05) is 11.9 Å². The molecule has 0 atom stereocenters. The average molecular weight is 390 g/mol. The molecule has 7 heteroatoms. The van der Waals surface area contributed by atoms with Gasteiger partial charge >= 0.3 is 5.97 Å². The van der Waals surface area contributed by atoms with E-state index in [2.05, 4.69) is 5.32 Å². The Labute approximate surface area is 167 Å². The van der Waals surface area contributed by atoms with E-state index in [-0.39, 0.29) is 17.7 Å². The van der Waals surface area contributed by atoms with Gasteiger partial charge in [0, 0.05) is 22.9 Å². The third-order valence-electron chi connectivity index (χ3n) is 4.17. The molecule has 3 aromatic rings. The van der Waals surface area contributed by atoms with Crippen LogP contribution in [0.5, 0.6) is 0 Å². The summed E-state index contributed by atoms with van der Waals surface area (Å²) < 4.78 is 4.99. The largest absolute Gasteiger partial charge is 0.455 e. The van der Waals surface area contributed by atoms with Crippen molar-refractivity contribution in [1.82, 2.24) is 0 Å². The predicted octanol–water partition coefficient (Wildman–Crippen LogP) is 3.99. The first-order valence-electron chi connectivity index (χ1n) is 8.87. The molecule has 29 heavy (non-hydrogen) atoms. The number of hydrogen-bond acceptors (Lipinski definition) is 5. The quantitative estimate of drug-likeness (QED) is 0.374. The Kier molecular flexibility index (Phi) is 6.32. The Bertz CT molecular complexity index is 1030. The highest BCUT2D eigenvalue weighted by atomic mass is 16.6. The van der Waals surface area contributed by atoms with Crippen LogP contribution in [0.2, 0.25) is 0 Å². The third-order valence-corrected chi connectivity index (χ3v) is 4.17. The van der Waals surface area contributed by atoms with Crippen molar-refractivity contribution in [2.24, 2.45) is 0 Å². The molecule has 3 rings (SSSR count). The lowest BCUT2D eigenvalue weighted by atomic mass is 10.0. The molecule has 0 unspecified atom stereocenters. The van der Waals surface area contributed by atoms with Crippen LogP contribution in [0, 0.1) is 10.1 Å². The fourth-order valence-electron chi connectivity index (χ4n) is 2.84. The molecule has 146 valence electrons. The van der Waals surface area contributed by atoms with Crippen molar-refractivity contribution < 1.29 is 19.2 Å². The van der Waals surface area contributed by atoms with Gasteiger partial charge < -0.3 is 10.1 Å². The van der Waals surface area contributed by atoms with Gasteiger partial charge in [-0.1, -0.05) is 66.7 Å². The number of rotatable bonds is 7. The van der Waals surface area contributed by atoms with Crippen LogP contribution in [-0.4, -0.2) is 23.4 Å². The summed E-state index contributed by atoms with van der Waals surface area (Å²) >= 11 is 0. The highest BCUT2D eigenvalue weighted by molar-refractivity contribution is 5.97. The molecule has 0 saturated heterocycles. The van der Waals surface area contributed by atoms with Crippen LogP contribution in [0.4, 0.5) is 11.4 Å². The van der Waals surface area contributed by atoms with Gasteiger partial charge in [0.25, 0.3) is 11.6 Å². The van der Waals surface area contributed by atoms with Crippen LogP contribution < -0.4 is 5.32 Å². The van der Waals surface area contributed by atoms with Gasteiger partial charge in [-0.3, -0.25) is 19.7 Å². The number of esters is 1. The Morgan fingerprint density at radius 1 is 0.897 bits per heavy atom. The number of carbonyl (C=O) groups is 2. The van der Waals surface area contributed by atoms with Crippen LogP contribution >= 0.6 is 0 Å². The number of anilines is 1. The van der Waals surface area contributed by atoms with E-state index in [1.165, 1.54) is 18.2 Å². The van der Waals surface area contributed by atoms with E-state index in [4.69, 9.17) is 4.74 Å². The highest BCUT2D eigenvalue weighted by Gasteiger charge is 2.17. The standard InChI is InChI=1S/C22H18N2O5/c25-21(15-29-22(26)14-17-10-4-7-13-20(17)24(27)28)23-19-12-6-5-11-18(19)16-8-2-1-3-9-16/h1-13H,14-15H2,(H,23,25). The molecular formula is C22H18N2O5. The minimum Gasteiger partial charge on any atom is -0.455 e. The molecule has 0 saturated carbocycles. The molecule has 1 amide bonds. The average Bonchev–Trinajstić information content (AvgIpc) is 2.73. The number of amides is 1. The summed E-state index contributed by atoms with van der Waals surface area (Å²) in [7, 11) is 0. The van der Waals surface area contributed by atoms with E-state index >= 15 is 0 Å². The second-order valence-corrected chi connectivity index (χ2v) is 6.18. The second-order valence-electron chi connectivity index (χ2n) is 6.18. The molecule has 3 aromatic carbocycles. The molecule has 0 aliphatic rings. The SMILES string of the molecule is O=C(COC(=O)Cc1ccccc1[N+](=O)[O-])Nc1ccccc1-c1ccccc1. The Morgan fingerprint density at radius 2 is 1.55 bits per heavy atom. The first-order valence-corrected chi connectivity index (χ1v) is 8.87. The van der Waals surface area contributed by atoms with E-state index in [1.807, 2.05) is 42.5 Å². The number of ether oxygens (including phenoxy) is 1. The summed E-state index contributed by atoms with van der Waals surface area (Å²) in [6, 6.07) is 22.8. The molecule has 0 bridgehead atoms. The molecule has 0 heterocycles. The van der Waals surface area contributed by atoms with Gasteiger partial charge in [0.15, 0.2) is 6.61 Å². The topological polar surface area (TPSA) is 98.5 Å². The molecule has 0 aliphatic carbocycles. The normalized spacial score (nSPS) is 10.2. The van der Waals surface area contributed by atoms with E-state index in [1.54, 1.807) is 18.2 Å². The molecular weight excluding hydrogens is 372 g/mol. The molecule has 0 aliphatic heterocycles. The maximum Gasteiger partial charge on any atom is 0.311 e. The number of benzene rings is 3. The summed E-state index contributed by atoms with van der Waals surface area (Å²) in [6.07, 6.45) is -0.287. The van der Waals surface area contributed by atoms with Gasteiger partial charge in [0.05, 0.1) is 11.3 Å². The highest BCUT2D eigenvalue weighted by Crippen LogP contribution is 2.27. The molecule has 0 radical (unpaired) electrons. The zero-order valence-electron chi connectivity index (χ0n) is 15.4. The maximum absolute atomic E-state index is 12.2. The number of hydrogen-bond donors (Lipinski definition) is 1. The zero-order chi connectivity index (χ0) is 20.6. The summed E-state index contributed by atoms with van der Waals surface area (Å²) in [5.41, 5.74) is 2.45. The lowest BCUT2D eigenvalue weighted by molar-refractivity contribution is -0.385.